The van der Waals surface area contributed by atoms with Crippen LogP contribution in [0.15, 0.2) is 113 Å². The zero-order chi connectivity index (χ0) is 33.9. The van der Waals surface area contributed by atoms with Crippen molar-refractivity contribution in [2.24, 2.45) is 22.4 Å². The van der Waals surface area contributed by atoms with E-state index in [1.807, 2.05) is 31.2 Å². The lowest BCUT2D eigenvalue weighted by atomic mass is 10.0. The van der Waals surface area contributed by atoms with E-state index in [1.54, 1.807) is 6.08 Å². The molecule has 0 aliphatic rings. The third-order valence-corrected chi connectivity index (χ3v) is 6.24. The number of amidine groups is 1. The average Bonchev–Trinajstić information content (AvgIpc) is 2.98. The second-order valence-corrected chi connectivity index (χ2v) is 9.83. The molecule has 0 aromatic heterocycles. The van der Waals surface area contributed by atoms with Crippen LogP contribution in [0.5, 0.6) is 0 Å². The molecule has 1 atom stereocenters. The standard InChI is InChI=1S/C20H33N3.C7H5F3N2O2.C7H8/c1-7-11-17(14-13-15(5)9-3)18(12-8-2)23-20(22)19(21)16(6)10-4;8-7(9,10)5-3-4(12(13)14)1-2-6(5)11;1-7-5-3-2-4-6-7/h7,11-15H,1,8-10,21H2,2-6H3,(H2,22,23);1-3H,11H2;2-6H,1H3/b14-13-,17-11+,18-12-,19-16-;;. The number of alkyl halides is 3. The molecular weight excluding hydrogens is 567 g/mol. The van der Waals surface area contributed by atoms with E-state index in [-0.39, 0.29) is 0 Å². The molecule has 0 aliphatic heterocycles. The van der Waals surface area contributed by atoms with E-state index in [0.717, 1.165) is 48.2 Å². The maximum atomic E-state index is 12.2. The van der Waals surface area contributed by atoms with Crippen molar-refractivity contribution in [2.45, 2.75) is 67.0 Å². The fraction of sp³-hybridized carbons (Fsp3) is 0.324. The largest absolute Gasteiger partial charge is 0.418 e. The van der Waals surface area contributed by atoms with Gasteiger partial charge in [0.1, 0.15) is 5.84 Å². The van der Waals surface area contributed by atoms with Gasteiger partial charge in [-0.1, -0.05) is 107 Å². The number of nitro groups is 1. The van der Waals surface area contributed by atoms with Crippen molar-refractivity contribution in [1.82, 2.24) is 0 Å². The molecule has 2 rings (SSSR count). The Hall–Kier alpha value is -4.60. The fourth-order valence-corrected chi connectivity index (χ4v) is 3.22. The van der Waals surface area contributed by atoms with Gasteiger partial charge in [-0.05, 0) is 49.8 Å². The van der Waals surface area contributed by atoms with E-state index >= 15 is 0 Å². The number of aryl methyl sites for hydroxylation is 1. The van der Waals surface area contributed by atoms with Crippen molar-refractivity contribution in [1.29, 1.82) is 0 Å². The van der Waals surface area contributed by atoms with Crippen molar-refractivity contribution in [3.8, 4) is 0 Å². The summed E-state index contributed by atoms with van der Waals surface area (Å²) >= 11 is 0. The minimum atomic E-state index is -4.67. The van der Waals surface area contributed by atoms with Crippen LogP contribution in [0.2, 0.25) is 0 Å². The first-order valence-electron chi connectivity index (χ1n) is 14.3. The highest BCUT2D eigenvalue weighted by atomic mass is 19.4. The first-order valence-corrected chi connectivity index (χ1v) is 14.3. The van der Waals surface area contributed by atoms with Crippen LogP contribution in [-0.2, 0) is 6.18 Å². The number of aliphatic imine (C=N–C) groups is 1. The normalized spacial score (nSPS) is 13.6. The van der Waals surface area contributed by atoms with Crippen molar-refractivity contribution in [2.75, 3.05) is 5.73 Å². The third-order valence-electron chi connectivity index (χ3n) is 6.24. The van der Waals surface area contributed by atoms with E-state index < -0.39 is 28.0 Å². The molecule has 1 unspecified atom stereocenters. The molecule has 0 amide bonds. The molecule has 44 heavy (non-hydrogen) atoms. The molecule has 0 spiro atoms. The molecule has 0 radical (unpaired) electrons. The maximum absolute atomic E-state index is 12.2. The maximum Gasteiger partial charge on any atom is 0.418 e. The lowest BCUT2D eigenvalue weighted by Gasteiger charge is -2.09. The predicted octanol–water partition coefficient (Wildman–Crippen LogP) is 9.19. The SMILES string of the molecule is C=C/C=C(\C=C/C(C)CC)C(=C/CC)/N=C(N)\C(N)=C(/C)CC.Cc1ccccc1.Nc1ccc([N+](=O)[O-])cc1C(F)(F)F. The van der Waals surface area contributed by atoms with Crippen LogP contribution in [0.1, 0.15) is 65.0 Å². The minimum Gasteiger partial charge on any atom is -0.398 e. The number of nitrogens with two attached hydrogens (primary N) is 3. The molecule has 7 nitrogen and oxygen atoms in total. The average molecular weight is 614 g/mol. The Morgan fingerprint density at radius 2 is 1.73 bits per heavy atom. The summed E-state index contributed by atoms with van der Waals surface area (Å²) in [5.41, 5.74) is 19.6. The zero-order valence-electron chi connectivity index (χ0n) is 26.5. The quantitative estimate of drug-likeness (QED) is 0.0613. The molecule has 240 valence electrons. The number of hydrogen-bond acceptors (Lipinski definition) is 5. The Bertz CT molecular complexity index is 1360. The van der Waals surface area contributed by atoms with Gasteiger partial charge in [0.05, 0.1) is 21.9 Å². The van der Waals surface area contributed by atoms with Crippen molar-refractivity contribution >= 4 is 17.2 Å². The number of non-ortho nitro benzene ring substituents is 1. The van der Waals surface area contributed by atoms with Crippen molar-refractivity contribution < 1.29 is 18.1 Å². The molecule has 0 bridgehead atoms. The zero-order valence-corrected chi connectivity index (χ0v) is 26.5. The van der Waals surface area contributed by atoms with Gasteiger partial charge in [-0.15, -0.1) is 0 Å². The van der Waals surface area contributed by atoms with Crippen LogP contribution in [0.4, 0.5) is 24.5 Å². The molecule has 2 aromatic carbocycles. The first-order chi connectivity index (χ1) is 20.6. The van der Waals surface area contributed by atoms with Gasteiger partial charge in [0.25, 0.3) is 5.69 Å². The number of nitrogen functional groups attached to an aromatic ring is 1. The first kappa shape index (κ1) is 39.4. The summed E-state index contributed by atoms with van der Waals surface area (Å²) < 4.78 is 36.6. The summed E-state index contributed by atoms with van der Waals surface area (Å²) in [7, 11) is 0. The molecule has 0 aliphatic carbocycles. The monoisotopic (exact) mass is 613 g/mol. The molecule has 10 heteroatoms. The molecule has 0 saturated heterocycles. The Labute approximate surface area is 259 Å². The van der Waals surface area contributed by atoms with E-state index in [9.17, 15) is 23.3 Å². The topological polar surface area (TPSA) is 134 Å². The summed E-state index contributed by atoms with van der Waals surface area (Å²) in [6.07, 6.45) is 8.19. The predicted molar refractivity (Wildman–Crippen MR) is 178 cm³/mol. The number of benzene rings is 2. The molecule has 0 heterocycles. The molecular formula is C34H46F3N5O2. The van der Waals surface area contributed by atoms with Gasteiger partial charge in [0, 0.05) is 17.8 Å². The van der Waals surface area contributed by atoms with Gasteiger partial charge in [0.15, 0.2) is 0 Å². The van der Waals surface area contributed by atoms with Crippen LogP contribution >= 0.6 is 0 Å². The number of nitro benzene ring substituents is 1. The van der Waals surface area contributed by atoms with Gasteiger partial charge in [0.2, 0.25) is 0 Å². The molecule has 2 aromatic rings. The van der Waals surface area contributed by atoms with Crippen LogP contribution < -0.4 is 17.2 Å². The Balaban J connectivity index is 0.000000732. The molecule has 6 N–H and O–H groups in total. The summed E-state index contributed by atoms with van der Waals surface area (Å²) in [5, 5.41) is 10.2. The molecule has 0 saturated carbocycles. The van der Waals surface area contributed by atoms with E-state index in [4.69, 9.17) is 17.2 Å². The number of nitrogens with zero attached hydrogens (tertiary/aromatic N) is 2. The lowest BCUT2D eigenvalue weighted by molar-refractivity contribution is -0.385. The smallest absolute Gasteiger partial charge is 0.398 e. The van der Waals surface area contributed by atoms with Gasteiger partial charge in [-0.25, -0.2) is 4.99 Å². The van der Waals surface area contributed by atoms with Gasteiger partial charge in [-0.3, -0.25) is 10.1 Å². The van der Waals surface area contributed by atoms with Gasteiger partial charge >= 0.3 is 6.18 Å². The second kappa shape index (κ2) is 20.3. The van der Waals surface area contributed by atoms with E-state index in [2.05, 4.69) is 76.6 Å². The lowest BCUT2D eigenvalue weighted by Crippen LogP contribution is -2.22. The Kier molecular flexibility index (Phi) is 18.2. The minimum absolute atomic E-state index is 0.371. The van der Waals surface area contributed by atoms with E-state index in [1.165, 1.54) is 5.56 Å². The number of anilines is 1. The van der Waals surface area contributed by atoms with Crippen molar-refractivity contribution in [3.63, 3.8) is 0 Å². The molecule has 0 fully saturated rings. The second-order valence-electron chi connectivity index (χ2n) is 9.83. The van der Waals surface area contributed by atoms with Crippen LogP contribution in [-0.4, -0.2) is 10.8 Å². The Morgan fingerprint density at radius 3 is 2.16 bits per heavy atom. The highest BCUT2D eigenvalue weighted by Crippen LogP contribution is 2.35. The number of allylic oxidation sites excluding steroid dienone is 6. The van der Waals surface area contributed by atoms with Crippen molar-refractivity contribution in [3.05, 3.63) is 129 Å². The Morgan fingerprint density at radius 1 is 1.11 bits per heavy atom. The number of halogens is 3. The summed E-state index contributed by atoms with van der Waals surface area (Å²) in [5.74, 6) is 0.885. The number of hydrogen-bond donors (Lipinski definition) is 3. The van der Waals surface area contributed by atoms with Crippen LogP contribution in [0, 0.1) is 23.0 Å². The van der Waals surface area contributed by atoms with E-state index in [0.29, 0.717) is 23.5 Å². The highest BCUT2D eigenvalue weighted by molar-refractivity contribution is 5.97. The highest BCUT2D eigenvalue weighted by Gasteiger charge is 2.34. The third kappa shape index (κ3) is 15.0. The van der Waals surface area contributed by atoms with Crippen LogP contribution in [0.3, 0.4) is 0 Å². The van der Waals surface area contributed by atoms with Gasteiger partial charge in [-0.2, -0.15) is 13.2 Å². The summed E-state index contributed by atoms with van der Waals surface area (Å²) in [6.45, 7) is 16.3. The summed E-state index contributed by atoms with van der Waals surface area (Å²) in [4.78, 5) is 13.8. The number of rotatable bonds is 10. The van der Waals surface area contributed by atoms with Gasteiger partial charge < -0.3 is 17.2 Å². The van der Waals surface area contributed by atoms with Crippen LogP contribution in [0.25, 0.3) is 0 Å². The summed E-state index contributed by atoms with van der Waals surface area (Å²) in [6, 6.07) is 12.5. The fourth-order valence-electron chi connectivity index (χ4n) is 3.22.